The molecule has 0 spiro atoms. The van der Waals surface area contributed by atoms with E-state index in [9.17, 15) is 0 Å². The predicted molar refractivity (Wildman–Crippen MR) is 56.0 cm³/mol. The van der Waals surface area contributed by atoms with Gasteiger partial charge in [0.2, 0.25) is 0 Å². The summed E-state index contributed by atoms with van der Waals surface area (Å²) in [7, 11) is 0. The van der Waals surface area contributed by atoms with Gasteiger partial charge in [0.25, 0.3) is 0 Å². The van der Waals surface area contributed by atoms with Gasteiger partial charge in [0.15, 0.2) is 0 Å². The number of nitrogens with two attached hydrogens (primary N) is 1. The van der Waals surface area contributed by atoms with E-state index >= 15 is 0 Å². The van der Waals surface area contributed by atoms with Gasteiger partial charge in [-0.1, -0.05) is 12.1 Å². The van der Waals surface area contributed by atoms with Gasteiger partial charge in [0, 0.05) is 11.3 Å². The van der Waals surface area contributed by atoms with E-state index in [0.29, 0.717) is 0 Å². The molecule has 0 amide bonds. The third-order valence-electron chi connectivity index (χ3n) is 2.06. The maximum Gasteiger partial charge on any atom is 0.0651 e. The Labute approximate surface area is 77.8 Å². The highest BCUT2D eigenvalue weighted by molar-refractivity contribution is 6.10. The number of nitrogen functional groups attached to an aromatic ring is 1. The third-order valence-corrected chi connectivity index (χ3v) is 2.06. The molecule has 0 fully saturated rings. The number of benzene rings is 1. The second kappa shape index (κ2) is 3.05. The Morgan fingerprint density at radius 3 is 2.85 bits per heavy atom. The Bertz CT molecular complexity index is 389. The summed E-state index contributed by atoms with van der Waals surface area (Å²) >= 11 is 0. The first-order chi connectivity index (χ1) is 6.25. The summed E-state index contributed by atoms with van der Waals surface area (Å²) in [6.45, 7) is 2.91. The number of nitrogens with zero attached hydrogens (tertiary/aromatic N) is 1. The molecular formula is C11H12N2. The summed E-state index contributed by atoms with van der Waals surface area (Å²) in [6, 6.07) is 7.82. The van der Waals surface area contributed by atoms with Crippen LogP contribution in [0.15, 0.2) is 40.9 Å². The van der Waals surface area contributed by atoms with Crippen molar-refractivity contribution < 1.29 is 0 Å². The maximum atomic E-state index is 5.69. The van der Waals surface area contributed by atoms with E-state index in [4.69, 9.17) is 5.73 Å². The number of rotatable bonds is 1. The summed E-state index contributed by atoms with van der Waals surface area (Å²) in [6.07, 6.45) is 2.11. The zero-order valence-electron chi connectivity index (χ0n) is 7.62. The molecule has 0 bridgehead atoms. The van der Waals surface area contributed by atoms with Crippen LogP contribution in [0.1, 0.15) is 12.5 Å². The molecule has 2 rings (SSSR count). The number of aliphatic imine (C=N–C) groups is 1. The van der Waals surface area contributed by atoms with E-state index in [1.54, 1.807) is 0 Å². The monoisotopic (exact) mass is 172 g/mol. The highest BCUT2D eigenvalue weighted by Gasteiger charge is 2.06. The molecule has 0 saturated heterocycles. The average molecular weight is 172 g/mol. The van der Waals surface area contributed by atoms with E-state index in [2.05, 4.69) is 18.0 Å². The summed E-state index contributed by atoms with van der Waals surface area (Å²) in [5.41, 5.74) is 9.93. The molecule has 13 heavy (non-hydrogen) atoms. The minimum atomic E-state index is 0.790. The highest BCUT2D eigenvalue weighted by Crippen LogP contribution is 2.14. The van der Waals surface area contributed by atoms with Crippen LogP contribution in [0, 0.1) is 0 Å². The van der Waals surface area contributed by atoms with E-state index < -0.39 is 0 Å². The lowest BCUT2D eigenvalue weighted by molar-refractivity contribution is 1.18. The molecule has 2 heteroatoms. The fourth-order valence-corrected chi connectivity index (χ4v) is 1.41. The molecule has 1 aromatic rings. The van der Waals surface area contributed by atoms with Crippen molar-refractivity contribution in [1.82, 2.24) is 0 Å². The van der Waals surface area contributed by atoms with Gasteiger partial charge in [-0.2, -0.15) is 0 Å². The zero-order chi connectivity index (χ0) is 9.26. The molecule has 0 saturated carbocycles. The van der Waals surface area contributed by atoms with Crippen LogP contribution < -0.4 is 5.73 Å². The Morgan fingerprint density at radius 1 is 1.38 bits per heavy atom. The van der Waals surface area contributed by atoms with Crippen LogP contribution in [0.3, 0.4) is 0 Å². The van der Waals surface area contributed by atoms with Crippen molar-refractivity contribution in [2.75, 3.05) is 12.3 Å². The normalized spacial score (nSPS) is 15.5. The highest BCUT2D eigenvalue weighted by atomic mass is 14.8. The lowest BCUT2D eigenvalue weighted by Crippen LogP contribution is -1.95. The van der Waals surface area contributed by atoms with Crippen molar-refractivity contribution in [2.45, 2.75) is 6.92 Å². The Morgan fingerprint density at radius 2 is 2.23 bits per heavy atom. The molecule has 2 N–H and O–H groups in total. The standard InChI is InChI=1S/C11H12N2/c1-8-5-11(13-7-8)9-3-2-4-10(12)6-9/h2-6H,7,12H2,1H3. The van der Waals surface area contributed by atoms with Gasteiger partial charge in [-0.15, -0.1) is 0 Å². The first-order valence-corrected chi connectivity index (χ1v) is 4.33. The number of hydrogen-bond donors (Lipinski definition) is 1. The molecule has 1 aliphatic rings. The second-order valence-corrected chi connectivity index (χ2v) is 3.32. The van der Waals surface area contributed by atoms with Gasteiger partial charge in [-0.05, 0) is 30.7 Å². The second-order valence-electron chi connectivity index (χ2n) is 3.32. The summed E-state index contributed by atoms with van der Waals surface area (Å²) in [4.78, 5) is 4.40. The first-order valence-electron chi connectivity index (χ1n) is 4.33. The first kappa shape index (κ1) is 8.05. The van der Waals surface area contributed by atoms with Crippen LogP contribution >= 0.6 is 0 Å². The average Bonchev–Trinajstić information content (AvgIpc) is 2.52. The minimum absolute atomic E-state index is 0.790. The van der Waals surface area contributed by atoms with Gasteiger partial charge in [-0.25, -0.2) is 0 Å². The Kier molecular flexibility index (Phi) is 1.89. The predicted octanol–water partition coefficient (Wildman–Crippen LogP) is 2.02. The molecule has 66 valence electrons. The molecule has 0 aliphatic carbocycles. The lowest BCUT2D eigenvalue weighted by Gasteiger charge is -1.99. The molecular weight excluding hydrogens is 160 g/mol. The molecule has 1 aromatic carbocycles. The summed E-state index contributed by atoms with van der Waals surface area (Å²) in [5.74, 6) is 0. The van der Waals surface area contributed by atoms with Crippen molar-refractivity contribution in [2.24, 2.45) is 4.99 Å². The quantitative estimate of drug-likeness (QED) is 0.646. The van der Waals surface area contributed by atoms with Crippen molar-refractivity contribution >= 4 is 11.4 Å². The summed E-state index contributed by atoms with van der Waals surface area (Å²) in [5, 5.41) is 0. The maximum absolute atomic E-state index is 5.69. The van der Waals surface area contributed by atoms with Crippen LogP contribution in [-0.4, -0.2) is 12.3 Å². The fraction of sp³-hybridized carbons (Fsp3) is 0.182. The van der Waals surface area contributed by atoms with Crippen LogP contribution in [0.25, 0.3) is 0 Å². The van der Waals surface area contributed by atoms with Gasteiger partial charge in [0.05, 0.1) is 12.3 Å². The molecule has 2 nitrogen and oxygen atoms in total. The van der Waals surface area contributed by atoms with Crippen molar-refractivity contribution in [3.8, 4) is 0 Å². The number of allylic oxidation sites excluding steroid dienone is 1. The van der Waals surface area contributed by atoms with Crippen molar-refractivity contribution in [3.63, 3.8) is 0 Å². The van der Waals surface area contributed by atoms with Crippen LogP contribution in [0.5, 0.6) is 0 Å². The van der Waals surface area contributed by atoms with Crippen molar-refractivity contribution in [1.29, 1.82) is 0 Å². The molecule has 0 radical (unpaired) electrons. The molecule has 0 aromatic heterocycles. The molecule has 1 heterocycles. The van der Waals surface area contributed by atoms with Crippen LogP contribution in [0.4, 0.5) is 5.69 Å². The van der Waals surface area contributed by atoms with Gasteiger partial charge >= 0.3 is 0 Å². The minimum Gasteiger partial charge on any atom is -0.399 e. The molecule has 0 unspecified atom stereocenters. The lowest BCUT2D eigenvalue weighted by atomic mass is 10.1. The van der Waals surface area contributed by atoms with E-state index in [0.717, 1.165) is 23.5 Å². The number of hydrogen-bond acceptors (Lipinski definition) is 2. The van der Waals surface area contributed by atoms with Crippen molar-refractivity contribution in [3.05, 3.63) is 41.5 Å². The van der Waals surface area contributed by atoms with E-state index in [1.807, 2.05) is 24.3 Å². The van der Waals surface area contributed by atoms with Gasteiger partial charge in [0.1, 0.15) is 0 Å². The van der Waals surface area contributed by atoms with Crippen LogP contribution in [-0.2, 0) is 0 Å². The van der Waals surface area contributed by atoms with E-state index in [-0.39, 0.29) is 0 Å². The fourth-order valence-electron chi connectivity index (χ4n) is 1.41. The third kappa shape index (κ3) is 1.61. The zero-order valence-corrected chi connectivity index (χ0v) is 7.62. The largest absolute Gasteiger partial charge is 0.399 e. The Balaban J connectivity index is 2.37. The van der Waals surface area contributed by atoms with Gasteiger partial charge in [-0.3, -0.25) is 4.99 Å². The van der Waals surface area contributed by atoms with Crippen LogP contribution in [0.2, 0.25) is 0 Å². The Hall–Kier alpha value is -1.57. The smallest absolute Gasteiger partial charge is 0.0651 e. The number of anilines is 1. The molecule has 1 aliphatic heterocycles. The topological polar surface area (TPSA) is 38.4 Å². The SMILES string of the molecule is CC1=CC(c2cccc(N)c2)=NC1. The summed E-state index contributed by atoms with van der Waals surface area (Å²) < 4.78 is 0. The van der Waals surface area contributed by atoms with E-state index in [1.165, 1.54) is 5.57 Å². The molecule has 0 atom stereocenters. The van der Waals surface area contributed by atoms with Gasteiger partial charge < -0.3 is 5.73 Å².